The average molecular weight is 352 g/mol. The Morgan fingerprint density at radius 2 is 1.56 bits per heavy atom. The monoisotopic (exact) mass is 352 g/mol. The Kier molecular flexibility index (Phi) is 5.21. The molecule has 0 bridgehead atoms. The third kappa shape index (κ3) is 2.92. The Balaban J connectivity index is 2.59. The van der Waals surface area contributed by atoms with Gasteiger partial charge in [-0.15, -0.1) is 0 Å². The van der Waals surface area contributed by atoms with Crippen molar-refractivity contribution < 1.29 is 18.4 Å². The van der Waals surface area contributed by atoms with Crippen LogP contribution >= 0.6 is 0 Å². The van der Waals surface area contributed by atoms with E-state index < -0.39 is 23.2 Å². The second-order valence-corrected chi connectivity index (χ2v) is 7.51. The van der Waals surface area contributed by atoms with Crippen LogP contribution in [0.3, 0.4) is 0 Å². The highest BCUT2D eigenvalue weighted by Crippen LogP contribution is 2.42. The first-order chi connectivity index (χ1) is 11.5. The standard InChI is InChI=1S/C19H26F2N2O2/c1-11(2)19(12(3)4)17(24)23(13(5)6)18(25)22(19)10-14-9-15(20)7-8-16(14)21/h7-9,11-13H,10H2,1-6H3. The molecule has 1 aliphatic rings. The van der Waals surface area contributed by atoms with Gasteiger partial charge in [-0.1, -0.05) is 27.7 Å². The molecule has 138 valence electrons. The van der Waals surface area contributed by atoms with Gasteiger partial charge < -0.3 is 4.90 Å². The summed E-state index contributed by atoms with van der Waals surface area (Å²) in [5.41, 5.74) is -1.02. The second kappa shape index (κ2) is 6.73. The van der Waals surface area contributed by atoms with Crippen molar-refractivity contribution in [3.05, 3.63) is 35.4 Å². The molecule has 1 aliphatic heterocycles. The summed E-state index contributed by atoms with van der Waals surface area (Å²) < 4.78 is 27.7. The smallest absolute Gasteiger partial charge is 0.305 e. The van der Waals surface area contributed by atoms with Crippen LogP contribution in [0.5, 0.6) is 0 Å². The first-order valence-corrected chi connectivity index (χ1v) is 8.64. The second-order valence-electron chi connectivity index (χ2n) is 7.51. The number of halogens is 2. The molecule has 1 saturated heterocycles. The maximum Gasteiger partial charge on any atom is 0.328 e. The van der Waals surface area contributed by atoms with Crippen LogP contribution in [0, 0.1) is 23.5 Å². The lowest BCUT2D eigenvalue weighted by Crippen LogP contribution is -2.57. The van der Waals surface area contributed by atoms with Gasteiger partial charge in [0, 0.05) is 11.6 Å². The van der Waals surface area contributed by atoms with Crippen LogP contribution in [0.2, 0.25) is 0 Å². The summed E-state index contributed by atoms with van der Waals surface area (Å²) in [6.45, 7) is 10.9. The number of carbonyl (C=O) groups excluding carboxylic acids is 2. The number of imide groups is 1. The lowest BCUT2D eigenvalue weighted by Gasteiger charge is -2.42. The number of nitrogens with zero attached hydrogens (tertiary/aromatic N) is 2. The molecule has 6 heteroatoms. The minimum Gasteiger partial charge on any atom is -0.305 e. The summed E-state index contributed by atoms with van der Waals surface area (Å²) in [4.78, 5) is 28.9. The third-order valence-electron chi connectivity index (χ3n) is 5.06. The van der Waals surface area contributed by atoms with Gasteiger partial charge in [0.15, 0.2) is 0 Å². The van der Waals surface area contributed by atoms with E-state index in [-0.39, 0.29) is 35.9 Å². The van der Waals surface area contributed by atoms with Crippen LogP contribution in [0.1, 0.15) is 47.1 Å². The van der Waals surface area contributed by atoms with E-state index in [1.165, 1.54) is 9.80 Å². The highest BCUT2D eigenvalue weighted by molar-refractivity contribution is 6.07. The molecule has 0 atom stereocenters. The van der Waals surface area contributed by atoms with Gasteiger partial charge >= 0.3 is 6.03 Å². The summed E-state index contributed by atoms with van der Waals surface area (Å²) in [5, 5.41) is 0. The molecule has 1 heterocycles. The quantitative estimate of drug-likeness (QED) is 0.746. The van der Waals surface area contributed by atoms with Crippen molar-refractivity contribution >= 4 is 11.9 Å². The van der Waals surface area contributed by atoms with E-state index >= 15 is 0 Å². The number of urea groups is 1. The Bertz CT molecular complexity index is 678. The molecule has 0 saturated carbocycles. The van der Waals surface area contributed by atoms with E-state index in [9.17, 15) is 18.4 Å². The summed E-state index contributed by atoms with van der Waals surface area (Å²) in [6, 6.07) is 2.40. The van der Waals surface area contributed by atoms with Gasteiger partial charge in [-0.25, -0.2) is 13.6 Å². The molecule has 0 aromatic heterocycles. The number of hydrogen-bond donors (Lipinski definition) is 0. The zero-order chi connectivity index (χ0) is 19.1. The van der Waals surface area contributed by atoms with Crippen molar-refractivity contribution in [2.75, 3.05) is 0 Å². The third-order valence-corrected chi connectivity index (χ3v) is 5.06. The van der Waals surface area contributed by atoms with Gasteiger partial charge in [-0.2, -0.15) is 0 Å². The fourth-order valence-electron chi connectivity index (χ4n) is 3.96. The molecule has 0 radical (unpaired) electrons. The van der Waals surface area contributed by atoms with E-state index in [2.05, 4.69) is 0 Å². The van der Waals surface area contributed by atoms with Crippen molar-refractivity contribution in [1.29, 1.82) is 0 Å². The van der Waals surface area contributed by atoms with Crippen LogP contribution < -0.4 is 0 Å². The molecule has 0 unspecified atom stereocenters. The molecule has 25 heavy (non-hydrogen) atoms. The van der Waals surface area contributed by atoms with Gasteiger partial charge in [0.05, 0.1) is 6.54 Å². The van der Waals surface area contributed by atoms with Crippen LogP contribution in [0.15, 0.2) is 18.2 Å². The molecule has 4 nitrogen and oxygen atoms in total. The molecule has 2 rings (SSSR count). The van der Waals surface area contributed by atoms with Crippen molar-refractivity contribution in [2.45, 2.75) is 59.7 Å². The normalized spacial score (nSPS) is 17.6. The molecule has 1 aromatic carbocycles. The van der Waals surface area contributed by atoms with E-state index in [1.54, 1.807) is 13.8 Å². The number of rotatable bonds is 5. The maximum absolute atomic E-state index is 14.2. The SMILES string of the molecule is CC(C)N1C(=O)N(Cc2cc(F)ccc2F)C(C(C)C)(C(C)C)C1=O. The van der Waals surface area contributed by atoms with Crippen LogP contribution in [-0.4, -0.2) is 33.3 Å². The summed E-state index contributed by atoms with van der Waals surface area (Å²) in [5.74, 6) is -1.79. The van der Waals surface area contributed by atoms with Crippen molar-refractivity contribution in [3.8, 4) is 0 Å². The van der Waals surface area contributed by atoms with Crippen molar-refractivity contribution in [2.24, 2.45) is 11.8 Å². The van der Waals surface area contributed by atoms with Gasteiger partial charge in [0.1, 0.15) is 17.2 Å². The van der Waals surface area contributed by atoms with Gasteiger partial charge in [-0.05, 0) is 43.9 Å². The van der Waals surface area contributed by atoms with E-state index in [0.29, 0.717) is 0 Å². The number of benzene rings is 1. The van der Waals surface area contributed by atoms with Gasteiger partial charge in [0.2, 0.25) is 0 Å². The molecule has 1 fully saturated rings. The molecule has 0 aliphatic carbocycles. The highest BCUT2D eigenvalue weighted by Gasteiger charge is 2.60. The fourth-order valence-corrected chi connectivity index (χ4v) is 3.96. The Morgan fingerprint density at radius 3 is 2.04 bits per heavy atom. The minimum absolute atomic E-state index is 0.0671. The van der Waals surface area contributed by atoms with E-state index in [0.717, 1.165) is 18.2 Å². The Labute approximate surface area is 147 Å². The number of amides is 3. The summed E-state index contributed by atoms with van der Waals surface area (Å²) >= 11 is 0. The van der Waals surface area contributed by atoms with Crippen LogP contribution in [0.4, 0.5) is 13.6 Å². The largest absolute Gasteiger partial charge is 0.328 e. The molecule has 0 spiro atoms. The molecule has 0 N–H and O–H groups in total. The maximum atomic E-state index is 14.2. The molecular formula is C19H26F2N2O2. The predicted molar refractivity (Wildman–Crippen MR) is 91.7 cm³/mol. The fraction of sp³-hybridized carbons (Fsp3) is 0.579. The van der Waals surface area contributed by atoms with Gasteiger partial charge in [-0.3, -0.25) is 9.69 Å². The van der Waals surface area contributed by atoms with E-state index in [4.69, 9.17) is 0 Å². The molecular weight excluding hydrogens is 326 g/mol. The molecule has 3 amide bonds. The Hall–Kier alpha value is -1.98. The first kappa shape index (κ1) is 19.3. The van der Waals surface area contributed by atoms with E-state index in [1.807, 2.05) is 27.7 Å². The Morgan fingerprint density at radius 1 is 1.00 bits per heavy atom. The average Bonchev–Trinajstić information content (AvgIpc) is 2.71. The summed E-state index contributed by atoms with van der Waals surface area (Å²) in [6.07, 6.45) is 0. The summed E-state index contributed by atoms with van der Waals surface area (Å²) in [7, 11) is 0. The number of hydrogen-bond acceptors (Lipinski definition) is 2. The van der Waals surface area contributed by atoms with Crippen LogP contribution in [0.25, 0.3) is 0 Å². The zero-order valence-electron chi connectivity index (χ0n) is 15.6. The van der Waals surface area contributed by atoms with Gasteiger partial charge in [0.25, 0.3) is 5.91 Å². The number of carbonyl (C=O) groups is 2. The lowest BCUT2D eigenvalue weighted by molar-refractivity contribution is -0.139. The minimum atomic E-state index is -1.08. The topological polar surface area (TPSA) is 40.6 Å². The zero-order valence-corrected chi connectivity index (χ0v) is 15.6. The van der Waals surface area contributed by atoms with Crippen LogP contribution in [-0.2, 0) is 11.3 Å². The first-order valence-electron chi connectivity index (χ1n) is 8.64. The lowest BCUT2D eigenvalue weighted by atomic mass is 9.75. The van der Waals surface area contributed by atoms with Crippen molar-refractivity contribution in [1.82, 2.24) is 9.80 Å². The molecule has 1 aromatic rings. The van der Waals surface area contributed by atoms with Crippen molar-refractivity contribution in [3.63, 3.8) is 0 Å². The highest BCUT2D eigenvalue weighted by atomic mass is 19.1. The predicted octanol–water partition coefficient (Wildman–Crippen LogP) is 4.19.